The maximum atomic E-state index is 13.8. The van der Waals surface area contributed by atoms with Gasteiger partial charge in [0.2, 0.25) is 5.91 Å². The van der Waals surface area contributed by atoms with Crippen LogP contribution in [0.2, 0.25) is 0 Å². The molecule has 0 radical (unpaired) electrons. The second-order valence-electron chi connectivity index (χ2n) is 11.7. The second kappa shape index (κ2) is 11.7. The first-order chi connectivity index (χ1) is 21.3. The quantitative estimate of drug-likeness (QED) is 0.339. The molecule has 228 valence electrons. The lowest BCUT2D eigenvalue weighted by Crippen LogP contribution is -2.50. The molecule has 1 N–H and O–H groups in total. The predicted octanol–water partition coefficient (Wildman–Crippen LogP) is 2.75. The van der Waals surface area contributed by atoms with Crippen LogP contribution in [0, 0.1) is 0 Å². The minimum absolute atomic E-state index is 0.0724. The third-order valence-corrected chi connectivity index (χ3v) is 10.5. The standard InChI is InChI=1S/C32H35N7O4S/c1-36-13-15-37(16-14-36)21-23-6-9-28-29(10-17-43-31(28)18-23)38-22-26(34-35-38)20-30-32(40)33-11-12-39(30)44(41,42)27-8-7-24-4-2-3-5-25(24)19-27/h2-9,11-12,18-19,22,29-30H,10,13-17,20-21H2,1H3,(H,33,40). The summed E-state index contributed by atoms with van der Waals surface area (Å²) in [4.78, 5) is 18.0. The van der Waals surface area contributed by atoms with Crippen LogP contribution in [0.25, 0.3) is 10.8 Å². The van der Waals surface area contributed by atoms with Crippen LogP contribution in [-0.2, 0) is 27.8 Å². The fourth-order valence-corrected chi connectivity index (χ4v) is 7.68. The molecule has 0 aliphatic carbocycles. The molecule has 7 rings (SSSR count). The normalized spacial score (nSPS) is 21.2. The molecule has 1 saturated heterocycles. The number of piperazine rings is 1. The number of benzene rings is 3. The molecular weight excluding hydrogens is 578 g/mol. The smallest absolute Gasteiger partial charge is 0.264 e. The third-order valence-electron chi connectivity index (χ3n) is 8.72. The summed E-state index contributed by atoms with van der Waals surface area (Å²) in [6.45, 7) is 5.69. The number of carbonyl (C=O) groups is 1. The summed E-state index contributed by atoms with van der Waals surface area (Å²) in [6.07, 6.45) is 5.36. The van der Waals surface area contributed by atoms with E-state index in [-0.39, 0.29) is 17.4 Å². The number of nitrogens with one attached hydrogen (secondary N) is 1. The number of fused-ring (bicyclic) bond motifs is 2. The second-order valence-corrected chi connectivity index (χ2v) is 13.5. The van der Waals surface area contributed by atoms with Gasteiger partial charge in [0.25, 0.3) is 10.0 Å². The number of carbonyl (C=O) groups excluding carboxylic acids is 1. The maximum absolute atomic E-state index is 13.8. The zero-order valence-electron chi connectivity index (χ0n) is 24.5. The number of ether oxygens (including phenoxy) is 1. The van der Waals surface area contributed by atoms with Crippen LogP contribution in [0.1, 0.15) is 29.3 Å². The summed E-state index contributed by atoms with van der Waals surface area (Å²) in [5.41, 5.74) is 2.78. The topological polar surface area (TPSA) is 113 Å². The molecule has 44 heavy (non-hydrogen) atoms. The highest BCUT2D eigenvalue weighted by Gasteiger charge is 2.36. The predicted molar refractivity (Wildman–Crippen MR) is 165 cm³/mol. The zero-order chi connectivity index (χ0) is 30.3. The molecule has 2 atom stereocenters. The Morgan fingerprint density at radius 3 is 2.66 bits per heavy atom. The largest absolute Gasteiger partial charge is 0.493 e. The van der Waals surface area contributed by atoms with E-state index in [0.29, 0.717) is 12.3 Å². The Morgan fingerprint density at radius 1 is 1.00 bits per heavy atom. The minimum Gasteiger partial charge on any atom is -0.493 e. The number of sulfonamides is 1. The maximum Gasteiger partial charge on any atom is 0.264 e. The summed E-state index contributed by atoms with van der Waals surface area (Å²) in [5, 5.41) is 13.2. The molecule has 0 saturated carbocycles. The Balaban J connectivity index is 1.10. The Labute approximate surface area is 256 Å². The van der Waals surface area contributed by atoms with Crippen molar-refractivity contribution < 1.29 is 17.9 Å². The minimum atomic E-state index is -4.02. The summed E-state index contributed by atoms with van der Waals surface area (Å²) < 4.78 is 36.5. The van der Waals surface area contributed by atoms with Gasteiger partial charge in [-0.15, -0.1) is 5.10 Å². The number of rotatable bonds is 7. The van der Waals surface area contributed by atoms with E-state index in [1.165, 1.54) is 18.0 Å². The van der Waals surface area contributed by atoms with Crippen molar-refractivity contribution in [1.29, 1.82) is 0 Å². The van der Waals surface area contributed by atoms with Gasteiger partial charge in [0, 0.05) is 69.7 Å². The lowest BCUT2D eigenvalue weighted by molar-refractivity contribution is -0.124. The lowest BCUT2D eigenvalue weighted by Gasteiger charge is -2.32. The van der Waals surface area contributed by atoms with E-state index in [4.69, 9.17) is 4.74 Å². The van der Waals surface area contributed by atoms with Crippen LogP contribution in [0.3, 0.4) is 0 Å². The van der Waals surface area contributed by atoms with Gasteiger partial charge in [0.15, 0.2) is 0 Å². The molecule has 3 aliphatic heterocycles. The number of aromatic nitrogens is 3. The number of hydrogen-bond acceptors (Lipinski definition) is 8. The van der Waals surface area contributed by atoms with E-state index >= 15 is 0 Å². The number of hydrogen-bond donors (Lipinski definition) is 1. The van der Waals surface area contributed by atoms with E-state index in [9.17, 15) is 13.2 Å². The first-order valence-corrected chi connectivity index (χ1v) is 16.4. The Bertz CT molecular complexity index is 1830. The molecular formula is C32H35N7O4S. The highest BCUT2D eigenvalue weighted by atomic mass is 32.2. The zero-order valence-corrected chi connectivity index (χ0v) is 25.4. The van der Waals surface area contributed by atoms with Crippen LogP contribution >= 0.6 is 0 Å². The van der Waals surface area contributed by atoms with Crippen molar-refractivity contribution in [1.82, 2.24) is 34.4 Å². The first-order valence-electron chi connectivity index (χ1n) is 14.9. The summed E-state index contributed by atoms with van der Waals surface area (Å²) in [5.74, 6) is 0.435. The molecule has 0 spiro atoms. The van der Waals surface area contributed by atoms with Gasteiger partial charge in [-0.25, -0.2) is 13.1 Å². The number of nitrogens with zero attached hydrogens (tertiary/aromatic N) is 6. The van der Waals surface area contributed by atoms with Gasteiger partial charge >= 0.3 is 0 Å². The summed E-state index contributed by atoms with van der Waals surface area (Å²) in [7, 11) is -1.86. The van der Waals surface area contributed by atoms with Gasteiger partial charge in [-0.05, 0) is 41.6 Å². The van der Waals surface area contributed by atoms with Crippen LogP contribution in [0.4, 0.5) is 0 Å². The average molecular weight is 614 g/mol. The molecule has 11 nitrogen and oxygen atoms in total. The molecule has 2 unspecified atom stereocenters. The fraction of sp³-hybridized carbons (Fsp3) is 0.344. The van der Waals surface area contributed by atoms with Gasteiger partial charge < -0.3 is 15.0 Å². The molecule has 4 heterocycles. The highest BCUT2D eigenvalue weighted by Crippen LogP contribution is 2.35. The van der Waals surface area contributed by atoms with Crippen molar-refractivity contribution >= 4 is 26.7 Å². The van der Waals surface area contributed by atoms with Crippen molar-refractivity contribution in [3.8, 4) is 5.75 Å². The molecule has 3 aromatic carbocycles. The van der Waals surface area contributed by atoms with Gasteiger partial charge in [0.05, 0.1) is 23.2 Å². The van der Waals surface area contributed by atoms with Gasteiger partial charge in [-0.2, -0.15) is 0 Å². The van der Waals surface area contributed by atoms with Gasteiger partial charge in [-0.3, -0.25) is 14.0 Å². The average Bonchev–Trinajstić information content (AvgIpc) is 3.51. The molecule has 12 heteroatoms. The molecule has 1 aromatic heterocycles. The van der Waals surface area contributed by atoms with E-state index in [0.717, 1.165) is 65.5 Å². The highest BCUT2D eigenvalue weighted by molar-refractivity contribution is 7.89. The lowest BCUT2D eigenvalue weighted by atomic mass is 9.98. The van der Waals surface area contributed by atoms with E-state index in [1.807, 2.05) is 30.5 Å². The molecule has 1 fully saturated rings. The molecule has 0 bridgehead atoms. The molecule has 1 amide bonds. The fourth-order valence-electron chi connectivity index (χ4n) is 6.20. The first kappa shape index (κ1) is 28.5. The molecule has 4 aromatic rings. The van der Waals surface area contributed by atoms with Gasteiger partial charge in [-0.1, -0.05) is 47.7 Å². The number of likely N-dealkylation sites (N-methyl/N-ethyl adjacent to an activating group) is 1. The Kier molecular flexibility index (Phi) is 7.57. The van der Waals surface area contributed by atoms with Crippen LogP contribution < -0.4 is 10.1 Å². The van der Waals surface area contributed by atoms with Crippen molar-refractivity contribution in [3.05, 3.63) is 96.1 Å². The Hall–Kier alpha value is -4.26. The molecule has 3 aliphatic rings. The number of amides is 1. The summed E-state index contributed by atoms with van der Waals surface area (Å²) >= 11 is 0. The third kappa shape index (κ3) is 5.56. The SMILES string of the molecule is CN1CCN(Cc2ccc3c(c2)OCCC3n2cc(CC3C(=O)NC=CN3S(=O)(=O)c3ccc4ccccc4c3)nn2)CC1. The van der Waals surface area contributed by atoms with Crippen LogP contribution in [0.15, 0.2) is 84.2 Å². The van der Waals surface area contributed by atoms with Crippen molar-refractivity contribution in [3.63, 3.8) is 0 Å². The van der Waals surface area contributed by atoms with Crippen molar-refractivity contribution in [2.24, 2.45) is 0 Å². The van der Waals surface area contributed by atoms with E-state index < -0.39 is 22.0 Å². The van der Waals surface area contributed by atoms with E-state index in [2.05, 4.69) is 50.7 Å². The van der Waals surface area contributed by atoms with Crippen molar-refractivity contribution in [2.45, 2.75) is 36.4 Å². The van der Waals surface area contributed by atoms with Gasteiger partial charge in [0.1, 0.15) is 11.8 Å². The summed E-state index contributed by atoms with van der Waals surface area (Å²) in [6, 6.07) is 17.9. The Morgan fingerprint density at radius 2 is 1.82 bits per heavy atom. The van der Waals surface area contributed by atoms with Crippen molar-refractivity contribution in [2.75, 3.05) is 39.8 Å². The van der Waals surface area contributed by atoms with Crippen LogP contribution in [0.5, 0.6) is 5.75 Å². The van der Waals surface area contributed by atoms with Crippen LogP contribution in [-0.4, -0.2) is 89.3 Å². The van der Waals surface area contributed by atoms with E-state index in [1.54, 1.807) is 22.9 Å². The monoisotopic (exact) mass is 613 g/mol.